The van der Waals surface area contributed by atoms with Gasteiger partial charge in [-0.1, -0.05) is 20.8 Å². The highest BCUT2D eigenvalue weighted by Gasteiger charge is 2.20. The average molecular weight is 304 g/mol. The minimum atomic E-state index is -0.904. The molecule has 116 valence electrons. The Kier molecular flexibility index (Phi) is 4.45. The van der Waals surface area contributed by atoms with Gasteiger partial charge in [-0.05, 0) is 36.4 Å². The molecule has 2 aromatic carbocycles. The van der Waals surface area contributed by atoms with Gasteiger partial charge in [-0.3, -0.25) is 4.79 Å². The Hall–Kier alpha value is -2.43. The lowest BCUT2D eigenvalue weighted by molar-refractivity contribution is -0.123. The molecule has 0 aliphatic rings. The van der Waals surface area contributed by atoms with Crippen LogP contribution in [0.3, 0.4) is 0 Å². The van der Waals surface area contributed by atoms with Crippen LogP contribution in [0.5, 0.6) is 0 Å². The van der Waals surface area contributed by atoms with Crippen LogP contribution in [0, 0.1) is 17.0 Å². The summed E-state index contributed by atoms with van der Waals surface area (Å²) in [6, 6.07) is 10.6. The predicted molar refractivity (Wildman–Crippen MR) is 84.2 cm³/mol. The molecule has 0 bridgehead atoms. The highest BCUT2D eigenvalue weighted by atomic mass is 19.2. The van der Waals surface area contributed by atoms with Crippen molar-refractivity contribution in [2.45, 2.75) is 20.8 Å². The van der Waals surface area contributed by atoms with Crippen LogP contribution in [-0.4, -0.2) is 5.91 Å². The lowest BCUT2D eigenvalue weighted by Gasteiger charge is -2.17. The quantitative estimate of drug-likeness (QED) is 0.863. The summed E-state index contributed by atoms with van der Waals surface area (Å²) in [7, 11) is 0. The molecule has 0 unspecified atom stereocenters. The van der Waals surface area contributed by atoms with Gasteiger partial charge in [-0.15, -0.1) is 0 Å². The molecular weight excluding hydrogens is 286 g/mol. The van der Waals surface area contributed by atoms with E-state index in [2.05, 4.69) is 10.6 Å². The fraction of sp³-hybridized carbons (Fsp3) is 0.235. The van der Waals surface area contributed by atoms with E-state index in [9.17, 15) is 13.6 Å². The Balaban J connectivity index is 2.06. The van der Waals surface area contributed by atoms with Crippen LogP contribution in [0.1, 0.15) is 20.8 Å². The van der Waals surface area contributed by atoms with Gasteiger partial charge >= 0.3 is 0 Å². The molecule has 0 spiro atoms. The van der Waals surface area contributed by atoms with Crippen molar-refractivity contribution in [3.05, 3.63) is 54.1 Å². The molecule has 0 aliphatic carbocycles. The van der Waals surface area contributed by atoms with Crippen molar-refractivity contribution >= 4 is 23.0 Å². The SMILES string of the molecule is CC(C)(C)C(=O)Nc1ccc(Nc2ccc(F)c(F)c2)cc1. The van der Waals surface area contributed by atoms with E-state index in [-0.39, 0.29) is 5.91 Å². The maximum Gasteiger partial charge on any atom is 0.229 e. The first-order valence-electron chi connectivity index (χ1n) is 6.89. The first kappa shape index (κ1) is 15.9. The molecule has 0 radical (unpaired) electrons. The fourth-order valence-corrected chi connectivity index (χ4v) is 1.70. The zero-order valence-corrected chi connectivity index (χ0v) is 12.7. The van der Waals surface area contributed by atoms with E-state index in [0.29, 0.717) is 17.1 Å². The Bertz CT molecular complexity index is 676. The van der Waals surface area contributed by atoms with E-state index >= 15 is 0 Å². The van der Waals surface area contributed by atoms with Gasteiger partial charge in [0.15, 0.2) is 11.6 Å². The van der Waals surface area contributed by atoms with Crippen molar-refractivity contribution in [2.75, 3.05) is 10.6 Å². The van der Waals surface area contributed by atoms with E-state index in [1.807, 2.05) is 20.8 Å². The highest BCUT2D eigenvalue weighted by molar-refractivity contribution is 5.94. The largest absolute Gasteiger partial charge is 0.355 e. The molecule has 0 saturated carbocycles. The van der Waals surface area contributed by atoms with Crippen LogP contribution >= 0.6 is 0 Å². The lowest BCUT2D eigenvalue weighted by Crippen LogP contribution is -2.27. The second-order valence-corrected chi connectivity index (χ2v) is 6.04. The summed E-state index contributed by atoms with van der Waals surface area (Å²) in [4.78, 5) is 11.9. The smallest absolute Gasteiger partial charge is 0.229 e. The first-order chi connectivity index (χ1) is 10.3. The number of carbonyl (C=O) groups is 1. The molecule has 1 amide bonds. The van der Waals surface area contributed by atoms with Crippen LogP contribution in [0.2, 0.25) is 0 Å². The molecule has 3 nitrogen and oxygen atoms in total. The summed E-state index contributed by atoms with van der Waals surface area (Å²) in [5.41, 5.74) is 1.36. The Labute approximate surface area is 128 Å². The zero-order chi connectivity index (χ0) is 16.3. The first-order valence-corrected chi connectivity index (χ1v) is 6.89. The molecule has 0 saturated heterocycles. The number of amides is 1. The number of hydrogen-bond acceptors (Lipinski definition) is 2. The van der Waals surface area contributed by atoms with Crippen LogP contribution in [0.4, 0.5) is 25.8 Å². The normalized spacial score (nSPS) is 11.1. The number of benzene rings is 2. The van der Waals surface area contributed by atoms with Crippen LogP contribution in [0.15, 0.2) is 42.5 Å². The number of anilines is 3. The maximum absolute atomic E-state index is 13.1. The van der Waals surface area contributed by atoms with E-state index < -0.39 is 17.0 Å². The van der Waals surface area contributed by atoms with Gasteiger partial charge in [0.05, 0.1) is 0 Å². The molecule has 2 N–H and O–H groups in total. The molecule has 0 heterocycles. The number of hydrogen-bond donors (Lipinski definition) is 2. The monoisotopic (exact) mass is 304 g/mol. The van der Waals surface area contributed by atoms with Crippen molar-refractivity contribution in [3.63, 3.8) is 0 Å². The summed E-state index contributed by atoms with van der Waals surface area (Å²) in [5, 5.41) is 5.78. The summed E-state index contributed by atoms with van der Waals surface area (Å²) in [6.45, 7) is 5.50. The van der Waals surface area contributed by atoms with Gasteiger partial charge in [0, 0.05) is 28.5 Å². The summed E-state index contributed by atoms with van der Waals surface area (Å²) in [5.74, 6) is -1.86. The third kappa shape index (κ3) is 4.04. The molecule has 0 fully saturated rings. The lowest BCUT2D eigenvalue weighted by atomic mass is 9.95. The van der Waals surface area contributed by atoms with E-state index in [1.165, 1.54) is 6.07 Å². The van der Waals surface area contributed by atoms with Crippen molar-refractivity contribution in [1.82, 2.24) is 0 Å². The van der Waals surface area contributed by atoms with Gasteiger partial charge in [-0.2, -0.15) is 0 Å². The second-order valence-electron chi connectivity index (χ2n) is 6.04. The minimum Gasteiger partial charge on any atom is -0.355 e. The molecular formula is C17H18F2N2O. The molecule has 0 aliphatic heterocycles. The summed E-state index contributed by atoms with van der Waals surface area (Å²) in [6.07, 6.45) is 0. The topological polar surface area (TPSA) is 41.1 Å². The van der Waals surface area contributed by atoms with E-state index in [1.54, 1.807) is 24.3 Å². The maximum atomic E-state index is 13.1. The minimum absolute atomic E-state index is 0.0752. The number of nitrogens with one attached hydrogen (secondary N) is 2. The summed E-state index contributed by atoms with van der Waals surface area (Å²) < 4.78 is 26.0. The van der Waals surface area contributed by atoms with Crippen LogP contribution in [-0.2, 0) is 4.79 Å². The van der Waals surface area contributed by atoms with Gasteiger partial charge in [0.25, 0.3) is 0 Å². The molecule has 22 heavy (non-hydrogen) atoms. The standard InChI is InChI=1S/C17H18F2N2O/c1-17(2,3)16(22)21-12-6-4-11(5-7-12)20-13-8-9-14(18)15(19)10-13/h4-10,20H,1-3H3,(H,21,22). The molecule has 0 atom stereocenters. The summed E-state index contributed by atoms with van der Waals surface area (Å²) >= 11 is 0. The number of carbonyl (C=O) groups excluding carboxylic acids is 1. The van der Waals surface area contributed by atoms with Crippen LogP contribution < -0.4 is 10.6 Å². The number of halogens is 2. The average Bonchev–Trinajstić information content (AvgIpc) is 2.44. The molecule has 2 rings (SSSR count). The third-order valence-electron chi connectivity index (χ3n) is 3.03. The fourth-order valence-electron chi connectivity index (χ4n) is 1.70. The van der Waals surface area contributed by atoms with Gasteiger partial charge in [-0.25, -0.2) is 8.78 Å². The zero-order valence-electron chi connectivity index (χ0n) is 12.7. The predicted octanol–water partition coefficient (Wildman–Crippen LogP) is 4.69. The molecule has 0 aromatic heterocycles. The van der Waals surface area contributed by atoms with Crippen molar-refractivity contribution < 1.29 is 13.6 Å². The van der Waals surface area contributed by atoms with Gasteiger partial charge in [0.2, 0.25) is 5.91 Å². The van der Waals surface area contributed by atoms with Gasteiger partial charge < -0.3 is 10.6 Å². The van der Waals surface area contributed by atoms with E-state index in [4.69, 9.17) is 0 Å². The van der Waals surface area contributed by atoms with Gasteiger partial charge in [0.1, 0.15) is 0 Å². The molecule has 5 heteroatoms. The Morgan fingerprint density at radius 3 is 1.95 bits per heavy atom. The molecule has 2 aromatic rings. The number of rotatable bonds is 3. The Morgan fingerprint density at radius 1 is 0.864 bits per heavy atom. The third-order valence-corrected chi connectivity index (χ3v) is 3.03. The van der Waals surface area contributed by atoms with Crippen molar-refractivity contribution in [3.8, 4) is 0 Å². The van der Waals surface area contributed by atoms with E-state index in [0.717, 1.165) is 12.1 Å². The Morgan fingerprint density at radius 2 is 1.41 bits per heavy atom. The van der Waals surface area contributed by atoms with Crippen molar-refractivity contribution in [2.24, 2.45) is 5.41 Å². The van der Waals surface area contributed by atoms with Crippen LogP contribution in [0.25, 0.3) is 0 Å². The second kappa shape index (κ2) is 6.13. The van der Waals surface area contributed by atoms with Crippen molar-refractivity contribution in [1.29, 1.82) is 0 Å². The highest BCUT2D eigenvalue weighted by Crippen LogP contribution is 2.22.